The fourth-order valence-electron chi connectivity index (χ4n) is 2.20. The quantitative estimate of drug-likeness (QED) is 0.541. The lowest BCUT2D eigenvalue weighted by Crippen LogP contribution is -2.02. The van der Waals surface area contributed by atoms with Gasteiger partial charge in [0.1, 0.15) is 5.82 Å². The van der Waals surface area contributed by atoms with E-state index < -0.39 is 5.82 Å². The number of nitrogens with one attached hydrogen (secondary N) is 1. The smallest absolute Gasteiger partial charge is 0.195 e. The third-order valence-electron chi connectivity index (χ3n) is 3.20. The number of ketones is 1. The highest BCUT2D eigenvalue weighted by atomic mass is 35.5. The van der Waals surface area contributed by atoms with Gasteiger partial charge in [0.25, 0.3) is 0 Å². The van der Waals surface area contributed by atoms with Crippen LogP contribution in [0.2, 0.25) is 10.0 Å². The summed E-state index contributed by atoms with van der Waals surface area (Å²) in [5.74, 6) is -0.854. The summed E-state index contributed by atoms with van der Waals surface area (Å²) in [6.45, 7) is 0. The number of halogens is 3. The van der Waals surface area contributed by atoms with Gasteiger partial charge in [-0.05, 0) is 30.3 Å². The number of fused-ring (bicyclic) bond motifs is 1. The van der Waals surface area contributed by atoms with Crippen LogP contribution in [0.1, 0.15) is 15.9 Å². The zero-order valence-corrected chi connectivity index (χ0v) is 12.1. The number of H-pyrrole nitrogens is 1. The van der Waals surface area contributed by atoms with E-state index in [9.17, 15) is 9.18 Å². The summed E-state index contributed by atoms with van der Waals surface area (Å²) in [6.07, 6.45) is 1.55. The molecule has 3 rings (SSSR count). The van der Waals surface area contributed by atoms with Crippen LogP contribution in [-0.2, 0) is 0 Å². The Morgan fingerprint density at radius 2 is 1.95 bits per heavy atom. The molecule has 2 aromatic carbocycles. The monoisotopic (exact) mass is 322 g/mol. The zero-order chi connectivity index (χ0) is 15.1. The lowest BCUT2D eigenvalue weighted by Gasteiger charge is -2.03. The van der Waals surface area contributed by atoms with Crippen molar-refractivity contribution in [3.05, 3.63) is 63.5 Å². The van der Waals surface area contributed by atoms with E-state index in [0.717, 1.165) is 6.07 Å². The Kier molecular flexibility index (Phi) is 3.35. The molecule has 0 bridgehead atoms. The number of aromatic nitrogens is 1. The maximum Gasteiger partial charge on any atom is 0.195 e. The van der Waals surface area contributed by atoms with Gasteiger partial charge in [0.15, 0.2) is 5.78 Å². The Morgan fingerprint density at radius 1 is 1.19 bits per heavy atom. The predicted molar refractivity (Wildman–Crippen MR) is 82.6 cm³/mol. The number of nitrogen functional groups attached to an aromatic ring is 1. The molecule has 1 heterocycles. The van der Waals surface area contributed by atoms with Gasteiger partial charge in [0.05, 0.1) is 10.7 Å². The van der Waals surface area contributed by atoms with Gasteiger partial charge in [-0.15, -0.1) is 0 Å². The van der Waals surface area contributed by atoms with Gasteiger partial charge in [0, 0.05) is 33.2 Å². The molecule has 0 unspecified atom stereocenters. The molecule has 1 aromatic heterocycles. The minimum absolute atomic E-state index is 0.0742. The number of anilines is 1. The van der Waals surface area contributed by atoms with Crippen molar-refractivity contribution in [1.29, 1.82) is 0 Å². The largest absolute Gasteiger partial charge is 0.396 e. The molecule has 0 atom stereocenters. The fourth-order valence-corrected chi connectivity index (χ4v) is 2.80. The van der Waals surface area contributed by atoms with Gasteiger partial charge >= 0.3 is 0 Å². The van der Waals surface area contributed by atoms with Crippen LogP contribution in [0.4, 0.5) is 10.1 Å². The molecule has 0 spiro atoms. The van der Waals surface area contributed by atoms with Crippen LogP contribution in [0, 0.1) is 5.82 Å². The summed E-state index contributed by atoms with van der Waals surface area (Å²) < 4.78 is 13.2. The van der Waals surface area contributed by atoms with Crippen molar-refractivity contribution >= 4 is 45.6 Å². The average Bonchev–Trinajstić information content (AvgIpc) is 2.85. The summed E-state index contributed by atoms with van der Waals surface area (Å²) in [5.41, 5.74) is 6.76. The zero-order valence-electron chi connectivity index (χ0n) is 10.6. The Bertz CT molecular complexity index is 873. The van der Waals surface area contributed by atoms with Gasteiger partial charge in [-0.25, -0.2) is 4.39 Å². The van der Waals surface area contributed by atoms with E-state index in [1.807, 2.05) is 0 Å². The number of rotatable bonds is 2. The first-order valence-corrected chi connectivity index (χ1v) is 6.79. The topological polar surface area (TPSA) is 58.9 Å². The standard InChI is InChI=1S/C15H9Cl2FN2O/c16-8-4-10(17)14-9(6-20-13(14)5-8)15(21)7-1-2-11(18)12(19)3-7/h1-6,20H,19H2. The molecule has 3 nitrogen and oxygen atoms in total. The Morgan fingerprint density at radius 3 is 2.67 bits per heavy atom. The van der Waals surface area contributed by atoms with Gasteiger partial charge in [0.2, 0.25) is 0 Å². The number of hydrogen-bond donors (Lipinski definition) is 2. The lowest BCUT2D eigenvalue weighted by molar-refractivity contribution is 0.104. The number of nitrogens with two attached hydrogens (primary N) is 1. The van der Waals surface area contributed by atoms with Gasteiger partial charge in [-0.1, -0.05) is 23.2 Å². The molecule has 21 heavy (non-hydrogen) atoms. The highest BCUT2D eigenvalue weighted by molar-refractivity contribution is 6.40. The highest BCUT2D eigenvalue weighted by Gasteiger charge is 2.17. The summed E-state index contributed by atoms with van der Waals surface area (Å²) in [4.78, 5) is 15.5. The highest BCUT2D eigenvalue weighted by Crippen LogP contribution is 2.31. The molecule has 0 aliphatic rings. The van der Waals surface area contributed by atoms with Gasteiger partial charge < -0.3 is 10.7 Å². The molecule has 106 valence electrons. The van der Waals surface area contributed by atoms with E-state index in [1.165, 1.54) is 12.1 Å². The molecule has 0 aliphatic carbocycles. The van der Waals surface area contributed by atoms with Crippen LogP contribution in [0.15, 0.2) is 36.5 Å². The predicted octanol–water partition coefficient (Wildman–Crippen LogP) is 4.43. The molecule has 3 N–H and O–H groups in total. The van der Waals surface area contributed by atoms with Crippen LogP contribution in [0.25, 0.3) is 10.9 Å². The van der Waals surface area contributed by atoms with Gasteiger partial charge in [-0.2, -0.15) is 0 Å². The van der Waals surface area contributed by atoms with Crippen LogP contribution in [0.3, 0.4) is 0 Å². The summed E-state index contributed by atoms with van der Waals surface area (Å²) in [5, 5.41) is 1.42. The normalized spacial score (nSPS) is 11.0. The van der Waals surface area contributed by atoms with E-state index in [4.69, 9.17) is 28.9 Å². The van der Waals surface area contributed by atoms with Crippen molar-refractivity contribution < 1.29 is 9.18 Å². The second-order valence-electron chi connectivity index (χ2n) is 4.58. The molecule has 0 saturated carbocycles. The van der Waals surface area contributed by atoms with E-state index >= 15 is 0 Å². The van der Waals surface area contributed by atoms with Crippen molar-refractivity contribution in [2.75, 3.05) is 5.73 Å². The second-order valence-corrected chi connectivity index (χ2v) is 5.42. The third-order valence-corrected chi connectivity index (χ3v) is 3.72. The Balaban J connectivity index is 2.16. The maximum atomic E-state index is 13.2. The Labute approximate surface area is 129 Å². The van der Waals surface area contributed by atoms with E-state index in [0.29, 0.717) is 32.1 Å². The first-order valence-electron chi connectivity index (χ1n) is 6.03. The lowest BCUT2D eigenvalue weighted by atomic mass is 10.0. The number of aromatic amines is 1. The van der Waals surface area contributed by atoms with Crippen molar-refractivity contribution in [3.63, 3.8) is 0 Å². The van der Waals surface area contributed by atoms with Crippen molar-refractivity contribution in [3.8, 4) is 0 Å². The number of benzene rings is 2. The summed E-state index contributed by atoms with van der Waals surface area (Å²) >= 11 is 12.1. The Hall–Kier alpha value is -2.04. The number of carbonyl (C=O) groups is 1. The summed E-state index contributed by atoms with van der Waals surface area (Å²) in [6, 6.07) is 7.10. The molecule has 0 amide bonds. The minimum Gasteiger partial charge on any atom is -0.396 e. The molecule has 0 fully saturated rings. The molecule has 6 heteroatoms. The molecule has 0 saturated heterocycles. The molecule has 0 aliphatic heterocycles. The van der Waals surface area contributed by atoms with E-state index in [-0.39, 0.29) is 11.5 Å². The third kappa shape index (κ3) is 2.37. The average molecular weight is 323 g/mol. The van der Waals surface area contributed by atoms with Crippen LogP contribution in [0.5, 0.6) is 0 Å². The number of carbonyl (C=O) groups excluding carboxylic acids is 1. The second kappa shape index (κ2) is 5.06. The maximum absolute atomic E-state index is 13.2. The van der Waals surface area contributed by atoms with Crippen LogP contribution in [-0.4, -0.2) is 10.8 Å². The van der Waals surface area contributed by atoms with Gasteiger partial charge in [-0.3, -0.25) is 4.79 Å². The molecular formula is C15H9Cl2FN2O. The number of hydrogen-bond acceptors (Lipinski definition) is 2. The SMILES string of the molecule is Nc1cc(C(=O)c2c[nH]c3cc(Cl)cc(Cl)c23)ccc1F. The minimum atomic E-state index is -0.560. The fraction of sp³-hybridized carbons (Fsp3) is 0. The van der Waals surface area contributed by atoms with Crippen molar-refractivity contribution in [1.82, 2.24) is 4.98 Å². The molecular weight excluding hydrogens is 314 g/mol. The van der Waals surface area contributed by atoms with Crippen LogP contribution >= 0.6 is 23.2 Å². The van der Waals surface area contributed by atoms with Crippen LogP contribution < -0.4 is 5.73 Å². The van der Waals surface area contributed by atoms with Crippen molar-refractivity contribution in [2.24, 2.45) is 0 Å². The summed E-state index contributed by atoms with van der Waals surface area (Å²) in [7, 11) is 0. The van der Waals surface area contributed by atoms with Crippen molar-refractivity contribution in [2.45, 2.75) is 0 Å². The first kappa shape index (κ1) is 13.9. The van der Waals surface area contributed by atoms with E-state index in [2.05, 4.69) is 4.98 Å². The first-order chi connectivity index (χ1) is 9.97. The van der Waals surface area contributed by atoms with E-state index in [1.54, 1.807) is 18.3 Å². The molecule has 0 radical (unpaired) electrons. The molecule has 3 aromatic rings.